The second-order valence-corrected chi connectivity index (χ2v) is 18.7. The molecule has 344 valence electrons. The number of hydrogen-bond acceptors (Lipinski definition) is 12. The highest BCUT2D eigenvalue weighted by molar-refractivity contribution is 7.15. The van der Waals surface area contributed by atoms with Crippen molar-refractivity contribution < 1.29 is 38.1 Å². The van der Waals surface area contributed by atoms with Crippen molar-refractivity contribution in [1.29, 1.82) is 0 Å². The van der Waals surface area contributed by atoms with Gasteiger partial charge in [-0.3, -0.25) is 0 Å². The van der Waals surface area contributed by atoms with Crippen molar-refractivity contribution in [1.82, 2.24) is 31.6 Å². The molecule has 2 aliphatic heterocycles. The highest BCUT2D eigenvalue weighted by atomic mass is 32.1. The van der Waals surface area contributed by atoms with E-state index in [1.807, 2.05) is 42.6 Å². The molecule has 4 aromatic carbocycles. The second kappa shape index (κ2) is 20.3. The molecule has 13 nitrogen and oxygen atoms in total. The molecule has 7 N–H and O–H groups in total. The Bertz CT molecular complexity index is 2560. The number of rotatable bonds is 17. The van der Waals surface area contributed by atoms with Crippen LogP contribution in [0.2, 0.25) is 0 Å². The Labute approximate surface area is 387 Å². The molecule has 66 heavy (non-hydrogen) atoms. The largest absolute Gasteiger partial charge is 0.444 e. The summed E-state index contributed by atoms with van der Waals surface area (Å²) in [5, 5.41) is 36.9. The summed E-state index contributed by atoms with van der Waals surface area (Å²) in [4.78, 5) is 32.0. The number of nitrogens with one attached hydrogen (secondary N) is 5. The van der Waals surface area contributed by atoms with Gasteiger partial charge in [0.2, 0.25) is 0 Å². The van der Waals surface area contributed by atoms with Crippen LogP contribution in [0.4, 0.5) is 14.0 Å². The molecule has 0 spiro atoms. The van der Waals surface area contributed by atoms with Gasteiger partial charge >= 0.3 is 12.2 Å². The lowest BCUT2D eigenvalue weighted by atomic mass is 9.99. The number of aryl methyl sites for hydroxylation is 1. The van der Waals surface area contributed by atoms with Crippen LogP contribution in [0.5, 0.6) is 0 Å². The lowest BCUT2D eigenvalue weighted by Crippen LogP contribution is -2.41. The summed E-state index contributed by atoms with van der Waals surface area (Å²) in [5.41, 5.74) is 6.89. The smallest absolute Gasteiger partial charge is 0.407 e. The molecule has 4 heterocycles. The quantitative estimate of drug-likeness (QED) is 0.0524. The van der Waals surface area contributed by atoms with Gasteiger partial charge in [-0.25, -0.2) is 19.0 Å². The average molecular weight is 915 g/mol. The third-order valence-corrected chi connectivity index (χ3v) is 14.4. The number of nitrogens with zero attached hydrogens (tertiary/aromatic N) is 1. The van der Waals surface area contributed by atoms with E-state index < -0.39 is 36.6 Å². The number of hydrogen-bond donors (Lipinski definition) is 7. The molecule has 3 fully saturated rings. The normalized spacial score (nSPS) is 24.5. The Balaban J connectivity index is 0.712. The number of aromatic nitrogens is 1. The van der Waals surface area contributed by atoms with Crippen LogP contribution in [-0.2, 0) is 47.4 Å². The molecular weight excluding hydrogens is 860 g/mol. The maximum Gasteiger partial charge on any atom is 0.407 e. The number of aliphatic hydroxyl groups is 2. The van der Waals surface area contributed by atoms with E-state index in [-0.39, 0.29) is 30.0 Å². The summed E-state index contributed by atoms with van der Waals surface area (Å²) in [6, 6.07) is 34.7. The van der Waals surface area contributed by atoms with Crippen LogP contribution in [0.3, 0.4) is 0 Å². The Morgan fingerprint density at radius 1 is 0.788 bits per heavy atom. The highest BCUT2D eigenvalue weighted by Crippen LogP contribution is 2.54. The van der Waals surface area contributed by atoms with Crippen LogP contribution in [0.1, 0.15) is 45.5 Å². The summed E-state index contributed by atoms with van der Waals surface area (Å²) in [7, 11) is 2.03. The first-order valence-corrected chi connectivity index (χ1v) is 23.3. The average Bonchev–Trinajstić information content (AvgIpc) is 3.86. The van der Waals surface area contributed by atoms with Gasteiger partial charge in [0, 0.05) is 47.0 Å². The number of carbonyl (C=O) groups is 2. The van der Waals surface area contributed by atoms with Gasteiger partial charge in [0.1, 0.15) is 30.2 Å². The number of benzene rings is 4. The van der Waals surface area contributed by atoms with E-state index in [0.717, 1.165) is 47.1 Å². The molecule has 9 rings (SSSR count). The molecule has 8 atom stereocenters. The number of amides is 2. The Hall–Kier alpha value is -5.94. The van der Waals surface area contributed by atoms with Crippen molar-refractivity contribution in [3.05, 3.63) is 160 Å². The molecule has 2 saturated heterocycles. The van der Waals surface area contributed by atoms with Gasteiger partial charge in [-0.05, 0) is 103 Å². The molecule has 15 heteroatoms. The van der Waals surface area contributed by atoms with Gasteiger partial charge in [-0.15, -0.1) is 11.3 Å². The van der Waals surface area contributed by atoms with Crippen LogP contribution in [0.15, 0.2) is 126 Å². The summed E-state index contributed by atoms with van der Waals surface area (Å²) < 4.78 is 30.3. The Morgan fingerprint density at radius 3 is 1.98 bits per heavy atom. The zero-order chi connectivity index (χ0) is 45.6. The fourth-order valence-electron chi connectivity index (χ4n) is 9.43. The zero-order valence-corrected chi connectivity index (χ0v) is 37.4. The van der Waals surface area contributed by atoms with Crippen molar-refractivity contribution in [3.63, 3.8) is 0 Å². The van der Waals surface area contributed by atoms with Gasteiger partial charge in [0.05, 0.1) is 18.3 Å². The van der Waals surface area contributed by atoms with Crippen molar-refractivity contribution in [3.8, 4) is 21.8 Å². The first-order chi connectivity index (χ1) is 32.1. The number of aliphatic hydroxyl groups excluding tert-OH is 2. The van der Waals surface area contributed by atoms with Crippen LogP contribution >= 0.6 is 11.3 Å². The zero-order valence-electron chi connectivity index (χ0n) is 36.6. The Kier molecular flexibility index (Phi) is 13.9. The lowest BCUT2D eigenvalue weighted by molar-refractivity contribution is 0.0187. The molecule has 1 aliphatic carbocycles. The Morgan fingerprint density at radius 2 is 1.39 bits per heavy atom. The third-order valence-electron chi connectivity index (χ3n) is 13.2. The van der Waals surface area contributed by atoms with E-state index in [9.17, 15) is 24.2 Å². The number of β-amino-alcohol motifs (C(OH)–C–C–N with tert-alkyl or cyclic N) is 2. The predicted molar refractivity (Wildman–Crippen MR) is 249 cm³/mol. The van der Waals surface area contributed by atoms with E-state index in [2.05, 4.69) is 92.2 Å². The standard InChI is InChI=1S/C51H55FN6O7S/c1-53-51(37-15-9-33(10-16-37)25-57-49(61)64-47-41(55-27-43(47)59)22-31-5-11-35(12-6-31)45-29-54-30-63-45)24-38(51)17-18-40-19-20-46(66-40)36-13-7-32(8-14-36)23-42-48(44(60)28-56-42)65-50(62)58-26-34-3-2-4-39(52)21-34/h2-16,19-21,29-30,38,41-44,47-48,53,55-56,59-60H,17-18,22-28H2,1H3,(H,57,61)(H,58,62)/t38?,41-,42-,43+,44+,47+,48+,51?/m1/s1. The van der Waals surface area contributed by atoms with Gasteiger partial charge in [-0.2, -0.15) is 0 Å². The third kappa shape index (κ3) is 10.7. The van der Waals surface area contributed by atoms with E-state index >= 15 is 0 Å². The summed E-state index contributed by atoms with van der Waals surface area (Å²) >= 11 is 1.81. The number of oxazole rings is 1. The van der Waals surface area contributed by atoms with Crippen LogP contribution < -0.4 is 26.6 Å². The molecule has 0 radical (unpaired) electrons. The van der Waals surface area contributed by atoms with Crippen LogP contribution in [0.25, 0.3) is 21.8 Å². The first kappa shape index (κ1) is 45.2. The van der Waals surface area contributed by atoms with Gasteiger partial charge < -0.3 is 50.7 Å². The minimum atomic E-state index is -0.832. The van der Waals surface area contributed by atoms with E-state index in [1.165, 1.54) is 33.8 Å². The molecule has 0 bridgehead atoms. The molecule has 2 unspecified atom stereocenters. The van der Waals surface area contributed by atoms with E-state index in [0.29, 0.717) is 49.7 Å². The molecule has 2 aromatic heterocycles. The second-order valence-electron chi connectivity index (χ2n) is 17.5. The minimum absolute atomic E-state index is 0.0847. The first-order valence-electron chi connectivity index (χ1n) is 22.5. The molecule has 6 aromatic rings. The number of ether oxygens (including phenoxy) is 2. The van der Waals surface area contributed by atoms with Crippen molar-refractivity contribution in [2.24, 2.45) is 5.92 Å². The monoisotopic (exact) mass is 914 g/mol. The van der Waals surface area contributed by atoms with Crippen molar-refractivity contribution in [2.75, 3.05) is 20.1 Å². The minimum Gasteiger partial charge on any atom is -0.444 e. The van der Waals surface area contributed by atoms with Crippen molar-refractivity contribution in [2.45, 2.75) is 87.2 Å². The fraction of sp³-hybridized carbons (Fsp3) is 0.353. The summed E-state index contributed by atoms with van der Waals surface area (Å²) in [6.45, 7) is 1.10. The van der Waals surface area contributed by atoms with Gasteiger partial charge in [0.15, 0.2) is 12.2 Å². The SMILES string of the molecule is CNC1(c2ccc(CNC(=O)O[C@@H]3[C@@H](O)CN[C@@H]3Cc3ccc(-c4cnco4)cc3)cc2)CC1CCc1ccc(-c2ccc(C[C@H]3NC[C@H](O)[C@H]3OC(=O)NCc3cccc(F)c3)cc2)s1. The van der Waals surface area contributed by atoms with Crippen molar-refractivity contribution >= 4 is 23.5 Å². The van der Waals surface area contributed by atoms with Gasteiger partial charge in [-0.1, -0.05) is 84.9 Å². The molecular formula is C51H55FN6O7S. The number of carbonyl (C=O) groups excluding carboxylic acids is 2. The van der Waals surface area contributed by atoms with Crippen LogP contribution in [-0.4, -0.2) is 84.0 Å². The van der Waals surface area contributed by atoms with E-state index in [1.54, 1.807) is 18.3 Å². The molecule has 1 saturated carbocycles. The van der Waals surface area contributed by atoms with Crippen LogP contribution in [0, 0.1) is 11.7 Å². The summed E-state index contributed by atoms with van der Waals surface area (Å²) in [5.74, 6) is 0.809. The summed E-state index contributed by atoms with van der Waals surface area (Å²) in [6.07, 6.45) is 3.06. The maximum atomic E-state index is 13.5. The highest BCUT2D eigenvalue weighted by Gasteiger charge is 2.53. The topological polar surface area (TPSA) is 179 Å². The lowest BCUT2D eigenvalue weighted by Gasteiger charge is -2.22. The van der Waals surface area contributed by atoms with Gasteiger partial charge in [0.25, 0.3) is 0 Å². The molecule has 2 amide bonds. The fourth-order valence-corrected chi connectivity index (χ4v) is 10.5. The molecule has 3 aliphatic rings. The number of halogens is 1. The number of alkyl carbamates (subject to hydrolysis) is 2. The number of thiophene rings is 1. The van der Waals surface area contributed by atoms with E-state index in [4.69, 9.17) is 13.9 Å². The predicted octanol–water partition coefficient (Wildman–Crippen LogP) is 6.62. The maximum absolute atomic E-state index is 13.5.